The Morgan fingerprint density at radius 3 is 2.67 bits per heavy atom. The first-order chi connectivity index (χ1) is 14.4. The molecule has 0 saturated heterocycles. The average Bonchev–Trinajstić information content (AvgIpc) is 3.18. The summed E-state index contributed by atoms with van der Waals surface area (Å²) in [6.07, 6.45) is 1.52. The van der Waals surface area contributed by atoms with E-state index in [9.17, 15) is 9.59 Å². The Labute approximate surface area is 182 Å². The van der Waals surface area contributed by atoms with Crippen molar-refractivity contribution in [1.82, 2.24) is 5.32 Å². The average molecular weight is 446 g/mol. The molecule has 0 aliphatic heterocycles. The first-order valence-corrected chi connectivity index (χ1v) is 9.51. The van der Waals surface area contributed by atoms with E-state index in [1.54, 1.807) is 54.6 Å². The molecule has 3 rings (SSSR count). The summed E-state index contributed by atoms with van der Waals surface area (Å²) in [6, 6.07) is 15.0. The molecular formula is C21H17Cl2N3O4. The number of hydrogen-bond acceptors (Lipinski definition) is 5. The largest absolute Gasteiger partial charge is 0.495 e. The first-order valence-electron chi connectivity index (χ1n) is 8.75. The van der Waals surface area contributed by atoms with Crippen LogP contribution in [0.2, 0.25) is 10.0 Å². The third-order valence-electron chi connectivity index (χ3n) is 3.87. The van der Waals surface area contributed by atoms with Gasteiger partial charge in [0.25, 0.3) is 0 Å². The molecule has 1 aromatic heterocycles. The highest BCUT2D eigenvalue weighted by molar-refractivity contribution is 6.39. The monoisotopic (exact) mass is 445 g/mol. The Kier molecular flexibility index (Phi) is 7.11. The van der Waals surface area contributed by atoms with Gasteiger partial charge in [0.1, 0.15) is 17.3 Å². The van der Waals surface area contributed by atoms with E-state index in [2.05, 4.69) is 15.6 Å². The fraction of sp³-hybridized carbons (Fsp3) is 0.0952. The van der Waals surface area contributed by atoms with E-state index in [1.165, 1.54) is 13.3 Å². The highest BCUT2D eigenvalue weighted by Gasteiger charge is 2.14. The lowest BCUT2D eigenvalue weighted by molar-refractivity contribution is -0.136. The van der Waals surface area contributed by atoms with Gasteiger partial charge in [0.05, 0.1) is 30.6 Å². The molecule has 0 fully saturated rings. The quantitative estimate of drug-likeness (QED) is 0.428. The number of amides is 2. The Hall–Kier alpha value is -3.29. The fourth-order valence-corrected chi connectivity index (χ4v) is 2.88. The van der Waals surface area contributed by atoms with Crippen LogP contribution in [0.25, 0.3) is 0 Å². The number of hydrogen-bond donors (Lipinski definition) is 2. The number of nitrogens with one attached hydrogen (secondary N) is 2. The van der Waals surface area contributed by atoms with Crippen molar-refractivity contribution in [3.8, 4) is 5.75 Å². The molecule has 0 unspecified atom stereocenters. The molecule has 0 bridgehead atoms. The second kappa shape index (κ2) is 9.96. The molecule has 1 heterocycles. The van der Waals surface area contributed by atoms with Gasteiger partial charge >= 0.3 is 11.8 Å². The van der Waals surface area contributed by atoms with E-state index in [0.717, 1.165) is 0 Å². The van der Waals surface area contributed by atoms with Crippen molar-refractivity contribution >= 4 is 52.6 Å². The molecule has 2 N–H and O–H groups in total. The van der Waals surface area contributed by atoms with Gasteiger partial charge in [-0.25, -0.2) is 0 Å². The number of anilines is 1. The van der Waals surface area contributed by atoms with Gasteiger partial charge in [0, 0.05) is 10.7 Å². The predicted octanol–water partition coefficient (Wildman–Crippen LogP) is 4.60. The van der Waals surface area contributed by atoms with Crippen LogP contribution in [0.3, 0.4) is 0 Å². The minimum atomic E-state index is -0.804. The number of methoxy groups -OCH3 is 1. The lowest BCUT2D eigenvalue weighted by Gasteiger charge is -2.05. The second-order valence-corrected chi connectivity index (χ2v) is 6.87. The van der Waals surface area contributed by atoms with Crippen LogP contribution >= 0.6 is 23.2 Å². The van der Waals surface area contributed by atoms with Crippen LogP contribution in [0.5, 0.6) is 5.75 Å². The second-order valence-electron chi connectivity index (χ2n) is 6.03. The van der Waals surface area contributed by atoms with Crippen molar-refractivity contribution in [2.75, 3.05) is 12.4 Å². The molecule has 0 atom stereocenters. The molecule has 0 aliphatic rings. The summed E-state index contributed by atoms with van der Waals surface area (Å²) in [5.74, 6) is -0.0924. The molecule has 154 valence electrons. The van der Waals surface area contributed by atoms with E-state index in [0.29, 0.717) is 38.7 Å². The normalized spacial score (nSPS) is 10.8. The van der Waals surface area contributed by atoms with E-state index in [4.69, 9.17) is 32.4 Å². The zero-order valence-electron chi connectivity index (χ0n) is 15.8. The Bertz CT molecular complexity index is 1100. The van der Waals surface area contributed by atoms with Gasteiger partial charge < -0.3 is 19.8 Å². The lowest BCUT2D eigenvalue weighted by atomic mass is 10.3. The summed E-state index contributed by atoms with van der Waals surface area (Å²) in [7, 11) is 1.54. The van der Waals surface area contributed by atoms with Crippen LogP contribution in [0, 0.1) is 0 Å². The smallest absolute Gasteiger partial charge is 0.313 e. The van der Waals surface area contributed by atoms with Crippen LogP contribution in [-0.4, -0.2) is 25.1 Å². The van der Waals surface area contributed by atoms with Gasteiger partial charge in [-0.2, -0.15) is 0 Å². The zero-order valence-corrected chi connectivity index (χ0v) is 17.3. The maximum atomic E-state index is 12.0. The van der Waals surface area contributed by atoms with Crippen molar-refractivity contribution < 1.29 is 18.7 Å². The minimum absolute atomic E-state index is 0.0456. The Morgan fingerprint density at radius 2 is 1.93 bits per heavy atom. The summed E-state index contributed by atoms with van der Waals surface area (Å²) in [4.78, 5) is 28.2. The number of nitrogens with zero attached hydrogens (tertiary/aromatic N) is 1. The first kappa shape index (κ1) is 21.4. The van der Waals surface area contributed by atoms with Crippen molar-refractivity contribution in [1.29, 1.82) is 0 Å². The van der Waals surface area contributed by atoms with E-state index in [1.807, 2.05) is 0 Å². The molecule has 3 aromatic rings. The topological polar surface area (TPSA) is 92.9 Å². The maximum absolute atomic E-state index is 12.0. The third kappa shape index (κ3) is 5.85. The number of halogens is 2. The standard InChI is InChI=1S/C21H17Cl2N3O4/c1-29-19-8-5-14(10-18(19)23)24-11-16-6-7-17(30-16)12-25-20(27)21(28)26-15-4-2-3-13(22)9-15/h2-11H,12H2,1H3,(H,25,27)(H,26,28). The van der Waals surface area contributed by atoms with Crippen LogP contribution < -0.4 is 15.4 Å². The summed E-state index contributed by atoms with van der Waals surface area (Å²) in [5, 5.41) is 5.86. The zero-order chi connectivity index (χ0) is 21.5. The fourth-order valence-electron chi connectivity index (χ4n) is 2.43. The molecule has 0 radical (unpaired) electrons. The van der Waals surface area contributed by atoms with Crippen LogP contribution in [0.1, 0.15) is 11.5 Å². The molecule has 30 heavy (non-hydrogen) atoms. The number of benzene rings is 2. The predicted molar refractivity (Wildman–Crippen MR) is 116 cm³/mol. The highest BCUT2D eigenvalue weighted by Crippen LogP contribution is 2.28. The highest BCUT2D eigenvalue weighted by atomic mass is 35.5. The summed E-state index contributed by atoms with van der Waals surface area (Å²) < 4.78 is 10.7. The van der Waals surface area contributed by atoms with E-state index in [-0.39, 0.29) is 6.54 Å². The van der Waals surface area contributed by atoms with Gasteiger partial charge in [-0.15, -0.1) is 0 Å². The SMILES string of the molecule is COc1ccc(N=Cc2ccc(CNC(=O)C(=O)Nc3cccc(Cl)c3)o2)cc1Cl. The molecule has 0 aliphatic carbocycles. The Morgan fingerprint density at radius 1 is 1.10 bits per heavy atom. The number of ether oxygens (including phenoxy) is 1. The number of carbonyl (C=O) groups is 2. The van der Waals surface area contributed by atoms with Crippen molar-refractivity contribution in [3.05, 3.63) is 76.2 Å². The summed E-state index contributed by atoms with van der Waals surface area (Å²) in [6.45, 7) is 0.0456. The van der Waals surface area contributed by atoms with Crippen LogP contribution in [0.4, 0.5) is 11.4 Å². The number of rotatable bonds is 6. The van der Waals surface area contributed by atoms with Gasteiger partial charge in [-0.1, -0.05) is 29.3 Å². The molecular weight excluding hydrogens is 429 g/mol. The van der Waals surface area contributed by atoms with Gasteiger partial charge in [0.15, 0.2) is 0 Å². The Balaban J connectivity index is 1.53. The van der Waals surface area contributed by atoms with Gasteiger partial charge in [-0.05, 0) is 48.5 Å². The van der Waals surface area contributed by atoms with E-state index >= 15 is 0 Å². The van der Waals surface area contributed by atoms with Gasteiger partial charge in [0.2, 0.25) is 0 Å². The molecule has 0 saturated carbocycles. The summed E-state index contributed by atoms with van der Waals surface area (Å²) >= 11 is 11.9. The summed E-state index contributed by atoms with van der Waals surface area (Å²) in [5.41, 5.74) is 1.06. The molecule has 7 nitrogen and oxygen atoms in total. The van der Waals surface area contributed by atoms with Crippen LogP contribution in [0.15, 0.2) is 64.0 Å². The molecule has 2 amide bonds. The van der Waals surface area contributed by atoms with Crippen molar-refractivity contribution in [2.45, 2.75) is 6.54 Å². The third-order valence-corrected chi connectivity index (χ3v) is 4.40. The van der Waals surface area contributed by atoms with Crippen molar-refractivity contribution in [3.63, 3.8) is 0 Å². The number of furan rings is 1. The number of carbonyl (C=O) groups excluding carboxylic acids is 2. The van der Waals surface area contributed by atoms with Crippen LogP contribution in [-0.2, 0) is 16.1 Å². The molecule has 2 aromatic carbocycles. The molecule has 9 heteroatoms. The lowest BCUT2D eigenvalue weighted by Crippen LogP contribution is -2.34. The maximum Gasteiger partial charge on any atom is 0.313 e. The van der Waals surface area contributed by atoms with Gasteiger partial charge in [-0.3, -0.25) is 14.6 Å². The minimum Gasteiger partial charge on any atom is -0.495 e. The number of aliphatic imine (C=N–C) groups is 1. The van der Waals surface area contributed by atoms with E-state index < -0.39 is 11.8 Å². The van der Waals surface area contributed by atoms with Crippen molar-refractivity contribution in [2.24, 2.45) is 4.99 Å². The molecule has 0 spiro atoms.